The fraction of sp³-hybridized carbons (Fsp3) is 0.786. The van der Waals surface area contributed by atoms with Gasteiger partial charge in [-0.1, -0.05) is 31.4 Å². The number of ketones is 1. The van der Waals surface area contributed by atoms with E-state index in [1.54, 1.807) is 0 Å². The van der Waals surface area contributed by atoms with Gasteiger partial charge in [-0.2, -0.15) is 0 Å². The first-order valence-electron chi connectivity index (χ1n) is 6.32. The summed E-state index contributed by atoms with van der Waals surface area (Å²) >= 11 is 0. The van der Waals surface area contributed by atoms with Crippen molar-refractivity contribution in [3.05, 3.63) is 11.6 Å². The molecule has 0 fully saturated rings. The molecule has 0 aromatic carbocycles. The molecular formula is C14H26O. The zero-order valence-corrected chi connectivity index (χ0v) is 10.6. The Morgan fingerprint density at radius 1 is 1.00 bits per heavy atom. The minimum absolute atomic E-state index is 0.459. The number of allylic oxidation sites excluding steroid dienone is 2. The van der Waals surface area contributed by atoms with Crippen LogP contribution in [0.2, 0.25) is 0 Å². The van der Waals surface area contributed by atoms with Crippen molar-refractivity contribution in [2.45, 2.75) is 72.1 Å². The van der Waals surface area contributed by atoms with Gasteiger partial charge in [0.1, 0.15) is 5.78 Å². The molecule has 1 heteroatoms. The number of Topliss-reactive ketones (excluding diaryl/α,β-unsaturated/α-hetero) is 1. The Balaban J connectivity index is 3.28. The predicted octanol–water partition coefficient (Wildman–Crippen LogP) is 4.66. The number of hydrogen-bond acceptors (Lipinski definition) is 1. The third-order valence-electron chi connectivity index (χ3n) is 2.52. The van der Waals surface area contributed by atoms with E-state index in [0.717, 1.165) is 38.5 Å². The maximum Gasteiger partial charge on any atom is 0.132 e. The summed E-state index contributed by atoms with van der Waals surface area (Å²) in [5, 5.41) is 0. The van der Waals surface area contributed by atoms with Crippen LogP contribution in [0.3, 0.4) is 0 Å². The van der Waals surface area contributed by atoms with Crippen molar-refractivity contribution in [3.63, 3.8) is 0 Å². The summed E-state index contributed by atoms with van der Waals surface area (Å²) in [6.07, 6.45) is 10.7. The van der Waals surface area contributed by atoms with E-state index in [1.807, 2.05) is 0 Å². The van der Waals surface area contributed by atoms with Crippen LogP contribution in [0.5, 0.6) is 0 Å². The Morgan fingerprint density at radius 3 is 2.13 bits per heavy atom. The van der Waals surface area contributed by atoms with Crippen molar-refractivity contribution in [2.75, 3.05) is 0 Å². The highest BCUT2D eigenvalue weighted by molar-refractivity contribution is 5.78. The molecule has 0 heterocycles. The van der Waals surface area contributed by atoms with Gasteiger partial charge in [0.25, 0.3) is 0 Å². The van der Waals surface area contributed by atoms with E-state index in [-0.39, 0.29) is 0 Å². The number of hydrogen-bond donors (Lipinski definition) is 0. The van der Waals surface area contributed by atoms with Gasteiger partial charge in [0.15, 0.2) is 0 Å². The Labute approximate surface area is 95.0 Å². The van der Waals surface area contributed by atoms with Gasteiger partial charge in [-0.15, -0.1) is 0 Å². The lowest BCUT2D eigenvalue weighted by atomic mass is 10.1. The van der Waals surface area contributed by atoms with Crippen molar-refractivity contribution < 1.29 is 4.79 Å². The molecule has 0 aliphatic carbocycles. The van der Waals surface area contributed by atoms with Crippen LogP contribution in [-0.2, 0) is 4.79 Å². The minimum atomic E-state index is 0.459. The number of rotatable bonds is 9. The SMILES string of the molecule is CCCCCC(=O)CCCCC=C(C)C. The normalized spacial score (nSPS) is 10.1. The lowest BCUT2D eigenvalue weighted by Gasteiger charge is -1.99. The van der Waals surface area contributed by atoms with Gasteiger partial charge in [0.05, 0.1) is 0 Å². The first-order chi connectivity index (χ1) is 7.16. The Kier molecular flexibility index (Phi) is 9.55. The van der Waals surface area contributed by atoms with Gasteiger partial charge in [0.2, 0.25) is 0 Å². The smallest absolute Gasteiger partial charge is 0.132 e. The van der Waals surface area contributed by atoms with Gasteiger partial charge in [-0.3, -0.25) is 4.79 Å². The molecule has 1 nitrogen and oxygen atoms in total. The van der Waals surface area contributed by atoms with Gasteiger partial charge < -0.3 is 0 Å². The van der Waals surface area contributed by atoms with E-state index in [1.165, 1.54) is 18.4 Å². The molecule has 0 aliphatic rings. The van der Waals surface area contributed by atoms with Gasteiger partial charge in [-0.25, -0.2) is 0 Å². The van der Waals surface area contributed by atoms with E-state index in [2.05, 4.69) is 26.8 Å². The zero-order valence-electron chi connectivity index (χ0n) is 10.6. The van der Waals surface area contributed by atoms with Crippen molar-refractivity contribution in [3.8, 4) is 0 Å². The van der Waals surface area contributed by atoms with Crippen LogP contribution in [0.15, 0.2) is 11.6 Å². The molecule has 0 saturated carbocycles. The van der Waals surface area contributed by atoms with E-state index in [9.17, 15) is 4.79 Å². The molecule has 0 saturated heterocycles. The molecule has 0 N–H and O–H groups in total. The second-order valence-corrected chi connectivity index (χ2v) is 4.52. The average Bonchev–Trinajstić information content (AvgIpc) is 2.17. The van der Waals surface area contributed by atoms with Crippen LogP contribution in [0.25, 0.3) is 0 Å². The predicted molar refractivity (Wildman–Crippen MR) is 67.0 cm³/mol. The van der Waals surface area contributed by atoms with Gasteiger partial charge in [-0.05, 0) is 39.5 Å². The Bertz CT molecular complexity index is 188. The molecule has 0 rings (SSSR count). The number of carbonyl (C=O) groups excluding carboxylic acids is 1. The summed E-state index contributed by atoms with van der Waals surface area (Å²) in [5.41, 5.74) is 1.38. The van der Waals surface area contributed by atoms with Gasteiger partial charge in [0, 0.05) is 12.8 Å². The highest BCUT2D eigenvalue weighted by Gasteiger charge is 2.00. The Hall–Kier alpha value is -0.590. The van der Waals surface area contributed by atoms with E-state index in [4.69, 9.17) is 0 Å². The topological polar surface area (TPSA) is 17.1 Å². The molecule has 15 heavy (non-hydrogen) atoms. The molecule has 0 unspecified atom stereocenters. The van der Waals surface area contributed by atoms with Crippen molar-refractivity contribution >= 4 is 5.78 Å². The third kappa shape index (κ3) is 11.3. The Morgan fingerprint density at radius 2 is 1.60 bits per heavy atom. The lowest BCUT2D eigenvalue weighted by molar-refractivity contribution is -0.119. The number of unbranched alkanes of at least 4 members (excludes halogenated alkanes) is 4. The highest BCUT2D eigenvalue weighted by atomic mass is 16.1. The van der Waals surface area contributed by atoms with Crippen LogP contribution in [0.1, 0.15) is 72.1 Å². The fourth-order valence-electron chi connectivity index (χ4n) is 1.55. The second kappa shape index (κ2) is 9.95. The molecule has 0 amide bonds. The largest absolute Gasteiger partial charge is 0.300 e. The number of carbonyl (C=O) groups is 1. The summed E-state index contributed by atoms with van der Waals surface area (Å²) in [7, 11) is 0. The molecule has 88 valence electrons. The molecule has 0 radical (unpaired) electrons. The van der Waals surface area contributed by atoms with E-state index in [0.29, 0.717) is 5.78 Å². The average molecular weight is 210 g/mol. The van der Waals surface area contributed by atoms with Crippen LogP contribution in [-0.4, -0.2) is 5.78 Å². The third-order valence-corrected chi connectivity index (χ3v) is 2.52. The van der Waals surface area contributed by atoms with Crippen LogP contribution in [0, 0.1) is 0 Å². The van der Waals surface area contributed by atoms with Crippen LogP contribution in [0.4, 0.5) is 0 Å². The summed E-state index contributed by atoms with van der Waals surface area (Å²) in [4.78, 5) is 11.4. The van der Waals surface area contributed by atoms with E-state index < -0.39 is 0 Å². The summed E-state index contributed by atoms with van der Waals surface area (Å²) in [6.45, 7) is 6.41. The zero-order chi connectivity index (χ0) is 11.5. The molecule has 0 atom stereocenters. The monoisotopic (exact) mass is 210 g/mol. The molecular weight excluding hydrogens is 184 g/mol. The van der Waals surface area contributed by atoms with Crippen molar-refractivity contribution in [1.82, 2.24) is 0 Å². The summed E-state index contributed by atoms with van der Waals surface area (Å²) in [6, 6.07) is 0. The minimum Gasteiger partial charge on any atom is -0.300 e. The fourth-order valence-corrected chi connectivity index (χ4v) is 1.55. The molecule has 0 aliphatic heterocycles. The molecule has 0 spiro atoms. The van der Waals surface area contributed by atoms with Gasteiger partial charge >= 0.3 is 0 Å². The van der Waals surface area contributed by atoms with E-state index >= 15 is 0 Å². The lowest BCUT2D eigenvalue weighted by Crippen LogP contribution is -1.97. The molecule has 0 aromatic rings. The maximum atomic E-state index is 11.4. The van der Waals surface area contributed by atoms with Crippen LogP contribution >= 0.6 is 0 Å². The first-order valence-corrected chi connectivity index (χ1v) is 6.32. The molecule has 0 bridgehead atoms. The van der Waals surface area contributed by atoms with Crippen LogP contribution < -0.4 is 0 Å². The highest BCUT2D eigenvalue weighted by Crippen LogP contribution is 2.07. The quantitative estimate of drug-likeness (QED) is 0.399. The summed E-state index contributed by atoms with van der Waals surface area (Å²) < 4.78 is 0. The second-order valence-electron chi connectivity index (χ2n) is 4.52. The summed E-state index contributed by atoms with van der Waals surface area (Å²) in [5.74, 6) is 0.459. The van der Waals surface area contributed by atoms with Crippen molar-refractivity contribution in [2.24, 2.45) is 0 Å². The maximum absolute atomic E-state index is 11.4. The first kappa shape index (κ1) is 14.4. The standard InChI is InChI=1S/C14H26O/c1-4-5-7-11-14(15)12-9-6-8-10-13(2)3/h10H,4-9,11-12H2,1-3H3. The van der Waals surface area contributed by atoms with Crippen molar-refractivity contribution in [1.29, 1.82) is 0 Å². The molecule has 0 aromatic heterocycles.